The number of hydrogen-bond donors (Lipinski definition) is 0. The Labute approximate surface area is 145 Å². The van der Waals surface area contributed by atoms with E-state index in [0.29, 0.717) is 6.54 Å². The van der Waals surface area contributed by atoms with Gasteiger partial charge in [0, 0.05) is 11.4 Å². The van der Waals surface area contributed by atoms with Gasteiger partial charge < -0.3 is 4.90 Å². The third-order valence-electron chi connectivity index (χ3n) is 5.82. The van der Waals surface area contributed by atoms with Crippen LogP contribution in [-0.2, 0) is 20.8 Å². The van der Waals surface area contributed by atoms with Gasteiger partial charge in [-0.2, -0.15) is 0 Å². The standard InChI is InChI=1S/C18H22N2O3S/c1-11-12-7-9-24-15(12)6-8-19(11)16(21)10-20-17(22)13-4-2-3-5-14(13)18(20)23/h7,9,11,13-14H,2-6,8,10H2,1H3. The molecule has 0 aromatic carbocycles. The van der Waals surface area contributed by atoms with Gasteiger partial charge >= 0.3 is 0 Å². The molecule has 2 fully saturated rings. The van der Waals surface area contributed by atoms with Gasteiger partial charge in [0.1, 0.15) is 6.54 Å². The van der Waals surface area contributed by atoms with E-state index in [9.17, 15) is 14.4 Å². The summed E-state index contributed by atoms with van der Waals surface area (Å²) in [6, 6.07) is 2.09. The number of carbonyl (C=O) groups excluding carboxylic acids is 3. The third-order valence-corrected chi connectivity index (χ3v) is 6.82. The monoisotopic (exact) mass is 346 g/mol. The van der Waals surface area contributed by atoms with Crippen molar-refractivity contribution in [1.29, 1.82) is 0 Å². The van der Waals surface area contributed by atoms with Crippen molar-refractivity contribution >= 4 is 29.1 Å². The summed E-state index contributed by atoms with van der Waals surface area (Å²) < 4.78 is 0. The summed E-state index contributed by atoms with van der Waals surface area (Å²) in [5, 5.41) is 2.06. The van der Waals surface area contributed by atoms with Gasteiger partial charge in [0.2, 0.25) is 17.7 Å². The molecule has 1 saturated heterocycles. The summed E-state index contributed by atoms with van der Waals surface area (Å²) in [6.45, 7) is 2.60. The van der Waals surface area contributed by atoms with Gasteiger partial charge in [-0.25, -0.2) is 0 Å². The first-order valence-electron chi connectivity index (χ1n) is 8.79. The Balaban J connectivity index is 1.48. The van der Waals surface area contributed by atoms with Crippen LogP contribution in [0.2, 0.25) is 0 Å². The molecule has 1 aromatic rings. The van der Waals surface area contributed by atoms with Crippen LogP contribution in [0.25, 0.3) is 0 Å². The second-order valence-corrected chi connectivity index (χ2v) is 8.07. The summed E-state index contributed by atoms with van der Waals surface area (Å²) in [5.74, 6) is -0.722. The maximum atomic E-state index is 12.8. The van der Waals surface area contributed by atoms with Gasteiger partial charge in [0.05, 0.1) is 17.9 Å². The van der Waals surface area contributed by atoms with Gasteiger partial charge in [-0.05, 0) is 43.2 Å². The van der Waals surface area contributed by atoms with Gasteiger partial charge in [0.15, 0.2) is 0 Å². The van der Waals surface area contributed by atoms with E-state index in [0.717, 1.165) is 32.1 Å². The van der Waals surface area contributed by atoms with Crippen molar-refractivity contribution in [3.8, 4) is 0 Å². The van der Waals surface area contributed by atoms with Gasteiger partial charge in [0.25, 0.3) is 0 Å². The van der Waals surface area contributed by atoms with Crippen LogP contribution in [0.3, 0.4) is 0 Å². The molecule has 1 saturated carbocycles. The van der Waals surface area contributed by atoms with Crippen LogP contribution >= 0.6 is 11.3 Å². The minimum absolute atomic E-state index is 0.0163. The molecule has 128 valence electrons. The summed E-state index contributed by atoms with van der Waals surface area (Å²) in [7, 11) is 0. The number of thiophene rings is 1. The number of likely N-dealkylation sites (tertiary alicyclic amines) is 1. The van der Waals surface area contributed by atoms with Crippen molar-refractivity contribution in [2.45, 2.75) is 45.1 Å². The second kappa shape index (κ2) is 5.99. The van der Waals surface area contributed by atoms with E-state index in [1.54, 1.807) is 11.3 Å². The molecule has 3 aliphatic rings. The van der Waals surface area contributed by atoms with E-state index in [-0.39, 0.29) is 42.1 Å². The molecule has 3 amide bonds. The lowest BCUT2D eigenvalue weighted by molar-refractivity contribution is -0.147. The van der Waals surface area contributed by atoms with Gasteiger partial charge in [-0.3, -0.25) is 19.3 Å². The first kappa shape index (κ1) is 15.8. The van der Waals surface area contributed by atoms with Gasteiger partial charge in [-0.1, -0.05) is 12.8 Å². The Kier molecular flexibility index (Phi) is 3.95. The minimum atomic E-state index is -0.179. The molecule has 24 heavy (non-hydrogen) atoms. The smallest absolute Gasteiger partial charge is 0.243 e. The number of fused-ring (bicyclic) bond motifs is 2. The van der Waals surface area contributed by atoms with E-state index in [1.807, 2.05) is 11.8 Å². The second-order valence-electron chi connectivity index (χ2n) is 7.07. The van der Waals surface area contributed by atoms with E-state index in [4.69, 9.17) is 0 Å². The topological polar surface area (TPSA) is 57.7 Å². The normalized spacial score (nSPS) is 29.6. The molecule has 5 nitrogen and oxygen atoms in total. The van der Waals surface area contributed by atoms with E-state index in [1.165, 1.54) is 15.3 Å². The average Bonchev–Trinajstić information content (AvgIpc) is 3.15. The summed E-state index contributed by atoms with van der Waals surface area (Å²) in [4.78, 5) is 42.3. The number of hydrogen-bond acceptors (Lipinski definition) is 4. The minimum Gasteiger partial charge on any atom is -0.334 e. The van der Waals surface area contributed by atoms with Crippen LogP contribution < -0.4 is 0 Å². The van der Waals surface area contributed by atoms with Crippen LogP contribution in [0.4, 0.5) is 0 Å². The maximum absolute atomic E-state index is 12.8. The van der Waals surface area contributed by atoms with Crippen molar-refractivity contribution in [2.75, 3.05) is 13.1 Å². The quantitative estimate of drug-likeness (QED) is 0.773. The molecule has 0 N–H and O–H groups in total. The number of carbonyl (C=O) groups is 3. The third kappa shape index (κ3) is 2.39. The predicted molar refractivity (Wildman–Crippen MR) is 90.3 cm³/mol. The van der Waals surface area contributed by atoms with Crippen molar-refractivity contribution < 1.29 is 14.4 Å². The lowest BCUT2D eigenvalue weighted by Gasteiger charge is -2.34. The highest BCUT2D eigenvalue weighted by Gasteiger charge is 2.49. The maximum Gasteiger partial charge on any atom is 0.243 e. The Morgan fingerprint density at radius 2 is 1.88 bits per heavy atom. The summed E-state index contributed by atoms with van der Waals surface area (Å²) in [6.07, 6.45) is 4.45. The Morgan fingerprint density at radius 3 is 2.54 bits per heavy atom. The predicted octanol–water partition coefficient (Wildman–Crippen LogP) is 2.37. The lowest BCUT2D eigenvalue weighted by atomic mass is 9.81. The van der Waals surface area contributed by atoms with E-state index in [2.05, 4.69) is 11.4 Å². The molecule has 4 rings (SSSR count). The van der Waals surface area contributed by atoms with Crippen LogP contribution in [-0.4, -0.2) is 40.6 Å². The van der Waals surface area contributed by atoms with Crippen molar-refractivity contribution in [3.05, 3.63) is 21.9 Å². The highest BCUT2D eigenvalue weighted by Crippen LogP contribution is 2.38. The zero-order valence-corrected chi connectivity index (χ0v) is 14.7. The van der Waals surface area contributed by atoms with Crippen molar-refractivity contribution in [3.63, 3.8) is 0 Å². The molecule has 3 heterocycles. The first-order chi connectivity index (χ1) is 11.6. The number of nitrogens with zero attached hydrogens (tertiary/aromatic N) is 2. The highest BCUT2D eigenvalue weighted by molar-refractivity contribution is 7.10. The Morgan fingerprint density at radius 1 is 1.21 bits per heavy atom. The zero-order chi connectivity index (χ0) is 16.8. The summed E-state index contributed by atoms with van der Waals surface area (Å²) in [5.41, 5.74) is 1.20. The van der Waals surface area contributed by atoms with Crippen LogP contribution in [0.5, 0.6) is 0 Å². The molecule has 6 heteroatoms. The fraction of sp³-hybridized carbons (Fsp3) is 0.611. The zero-order valence-electron chi connectivity index (χ0n) is 13.9. The molecule has 3 atom stereocenters. The Bertz CT molecular complexity index is 674. The summed E-state index contributed by atoms with van der Waals surface area (Å²) >= 11 is 1.73. The van der Waals surface area contributed by atoms with E-state index >= 15 is 0 Å². The van der Waals surface area contributed by atoms with Crippen LogP contribution in [0, 0.1) is 11.8 Å². The largest absolute Gasteiger partial charge is 0.334 e. The average molecular weight is 346 g/mol. The van der Waals surface area contributed by atoms with Crippen LogP contribution in [0.1, 0.15) is 49.1 Å². The van der Waals surface area contributed by atoms with Crippen molar-refractivity contribution in [2.24, 2.45) is 11.8 Å². The SMILES string of the molecule is CC1c2ccsc2CCN1C(=O)CN1C(=O)C2CCCCC2C1=O. The number of amides is 3. The number of rotatable bonds is 2. The Hall–Kier alpha value is -1.69. The fourth-order valence-electron chi connectivity index (χ4n) is 4.46. The van der Waals surface area contributed by atoms with Crippen molar-refractivity contribution in [1.82, 2.24) is 9.80 Å². The molecular weight excluding hydrogens is 324 g/mol. The molecule has 3 unspecified atom stereocenters. The number of imide groups is 1. The first-order valence-corrected chi connectivity index (χ1v) is 9.67. The molecule has 1 aromatic heterocycles. The molecule has 0 spiro atoms. The van der Waals surface area contributed by atoms with Crippen LogP contribution in [0.15, 0.2) is 11.4 Å². The molecule has 0 radical (unpaired) electrons. The van der Waals surface area contributed by atoms with E-state index < -0.39 is 0 Å². The molecule has 2 aliphatic heterocycles. The molecule has 1 aliphatic carbocycles. The molecule has 0 bridgehead atoms. The lowest BCUT2D eigenvalue weighted by Crippen LogP contribution is -2.46. The molecular formula is C18H22N2O3S. The van der Waals surface area contributed by atoms with Gasteiger partial charge in [-0.15, -0.1) is 11.3 Å². The fourth-order valence-corrected chi connectivity index (χ4v) is 5.43. The highest BCUT2D eigenvalue weighted by atomic mass is 32.1.